The fraction of sp³-hybridized carbons (Fsp3) is 0.333. The molecule has 0 saturated heterocycles. The van der Waals surface area contributed by atoms with Crippen LogP contribution in [0.4, 0.5) is 10.1 Å². The molecular formula is C30H34FN3O3. The SMILES string of the molecule is CCCC(=O)NNC(=O)CCc1ccc(C2(C)c3ccc(OC)cc3CCN2c2ccc(F)cc2)cc1. The molecule has 0 aromatic heterocycles. The summed E-state index contributed by atoms with van der Waals surface area (Å²) >= 11 is 0. The second kappa shape index (κ2) is 11.5. The highest BCUT2D eigenvalue weighted by molar-refractivity contribution is 5.82. The van der Waals surface area contributed by atoms with Crippen molar-refractivity contribution >= 4 is 17.5 Å². The third kappa shape index (κ3) is 5.77. The molecule has 0 aliphatic carbocycles. The summed E-state index contributed by atoms with van der Waals surface area (Å²) in [7, 11) is 1.67. The fourth-order valence-corrected chi connectivity index (χ4v) is 5.05. The van der Waals surface area contributed by atoms with E-state index >= 15 is 0 Å². The summed E-state index contributed by atoms with van der Waals surface area (Å²) < 4.78 is 19.2. The van der Waals surface area contributed by atoms with Gasteiger partial charge in [0.25, 0.3) is 0 Å². The van der Waals surface area contributed by atoms with Gasteiger partial charge in [-0.2, -0.15) is 0 Å². The van der Waals surface area contributed by atoms with Crippen molar-refractivity contribution in [2.45, 2.75) is 51.5 Å². The van der Waals surface area contributed by atoms with Gasteiger partial charge in [0, 0.05) is 25.1 Å². The van der Waals surface area contributed by atoms with Gasteiger partial charge < -0.3 is 9.64 Å². The highest BCUT2D eigenvalue weighted by Crippen LogP contribution is 2.44. The molecule has 1 atom stereocenters. The third-order valence-electron chi connectivity index (χ3n) is 7.09. The van der Waals surface area contributed by atoms with E-state index in [1.165, 1.54) is 23.3 Å². The number of halogens is 1. The highest BCUT2D eigenvalue weighted by Gasteiger charge is 2.40. The van der Waals surface area contributed by atoms with Crippen molar-refractivity contribution in [1.82, 2.24) is 10.9 Å². The molecule has 4 rings (SSSR count). The Morgan fingerprint density at radius 1 is 0.973 bits per heavy atom. The number of carbonyl (C=O) groups excluding carboxylic acids is 2. The number of hydrogen-bond acceptors (Lipinski definition) is 4. The van der Waals surface area contributed by atoms with Gasteiger partial charge in [0.1, 0.15) is 11.6 Å². The summed E-state index contributed by atoms with van der Waals surface area (Å²) in [6, 6.07) is 21.2. The van der Waals surface area contributed by atoms with Crippen LogP contribution in [0.15, 0.2) is 66.7 Å². The van der Waals surface area contributed by atoms with E-state index in [1.807, 2.05) is 37.3 Å². The Kier molecular flexibility index (Phi) is 8.11. The molecule has 1 aliphatic rings. The predicted molar refractivity (Wildman–Crippen MR) is 143 cm³/mol. The number of amides is 2. The maximum Gasteiger partial charge on any atom is 0.238 e. The molecular weight excluding hydrogens is 469 g/mol. The van der Waals surface area contributed by atoms with Crippen molar-refractivity contribution < 1.29 is 18.7 Å². The van der Waals surface area contributed by atoms with Gasteiger partial charge in [-0.15, -0.1) is 0 Å². The Hall–Kier alpha value is -3.87. The molecule has 194 valence electrons. The maximum absolute atomic E-state index is 13.7. The van der Waals surface area contributed by atoms with Gasteiger partial charge in [-0.25, -0.2) is 4.39 Å². The first-order valence-electron chi connectivity index (χ1n) is 12.7. The minimum atomic E-state index is -0.489. The molecule has 2 N–H and O–H groups in total. The molecule has 2 amide bonds. The third-order valence-corrected chi connectivity index (χ3v) is 7.09. The first-order chi connectivity index (χ1) is 17.8. The minimum absolute atomic E-state index is 0.190. The van der Waals surface area contributed by atoms with E-state index < -0.39 is 5.54 Å². The van der Waals surface area contributed by atoms with Crippen molar-refractivity contribution in [2.24, 2.45) is 0 Å². The number of anilines is 1. The topological polar surface area (TPSA) is 70.7 Å². The minimum Gasteiger partial charge on any atom is -0.497 e. The average Bonchev–Trinajstić information content (AvgIpc) is 2.91. The number of carbonyl (C=O) groups is 2. The van der Waals surface area contributed by atoms with Crippen LogP contribution in [0.2, 0.25) is 0 Å². The number of ether oxygens (including phenoxy) is 1. The van der Waals surface area contributed by atoms with Crippen molar-refractivity contribution in [2.75, 3.05) is 18.6 Å². The van der Waals surface area contributed by atoms with Crippen LogP contribution in [0.1, 0.15) is 55.4 Å². The van der Waals surface area contributed by atoms with Gasteiger partial charge in [-0.3, -0.25) is 20.4 Å². The molecule has 1 unspecified atom stereocenters. The van der Waals surface area contributed by atoms with Gasteiger partial charge >= 0.3 is 0 Å². The summed E-state index contributed by atoms with van der Waals surface area (Å²) in [4.78, 5) is 26.0. The molecule has 0 saturated carbocycles. The van der Waals surface area contributed by atoms with E-state index in [9.17, 15) is 14.0 Å². The monoisotopic (exact) mass is 503 g/mol. The van der Waals surface area contributed by atoms with Crippen molar-refractivity contribution in [1.29, 1.82) is 0 Å². The van der Waals surface area contributed by atoms with Crippen LogP contribution < -0.4 is 20.5 Å². The van der Waals surface area contributed by atoms with E-state index in [0.717, 1.165) is 42.0 Å². The summed E-state index contributed by atoms with van der Waals surface area (Å²) in [5.41, 5.74) is 9.92. The molecule has 3 aromatic carbocycles. The molecule has 1 heterocycles. The van der Waals surface area contributed by atoms with E-state index in [-0.39, 0.29) is 24.1 Å². The Labute approximate surface area is 217 Å². The quantitative estimate of drug-likeness (QED) is 0.423. The normalized spacial score (nSPS) is 16.6. The number of nitrogens with one attached hydrogen (secondary N) is 2. The zero-order valence-corrected chi connectivity index (χ0v) is 21.6. The molecule has 0 spiro atoms. The summed E-state index contributed by atoms with van der Waals surface area (Å²) in [6.45, 7) is 4.88. The van der Waals surface area contributed by atoms with E-state index in [0.29, 0.717) is 12.8 Å². The number of benzene rings is 3. The molecule has 37 heavy (non-hydrogen) atoms. The first kappa shape index (κ1) is 26.2. The summed E-state index contributed by atoms with van der Waals surface area (Å²) in [5.74, 6) is 0.157. The van der Waals surface area contributed by atoms with E-state index in [1.54, 1.807) is 7.11 Å². The molecule has 3 aromatic rings. The Morgan fingerprint density at radius 2 is 1.65 bits per heavy atom. The molecule has 7 heteroatoms. The summed E-state index contributed by atoms with van der Waals surface area (Å²) in [5, 5.41) is 0. The first-order valence-corrected chi connectivity index (χ1v) is 12.7. The van der Waals surface area contributed by atoms with Crippen molar-refractivity contribution in [3.8, 4) is 5.75 Å². The Balaban J connectivity index is 1.58. The highest BCUT2D eigenvalue weighted by atomic mass is 19.1. The fourth-order valence-electron chi connectivity index (χ4n) is 5.05. The van der Waals surface area contributed by atoms with Crippen LogP contribution in [0.5, 0.6) is 5.75 Å². The molecule has 0 radical (unpaired) electrons. The molecule has 6 nitrogen and oxygen atoms in total. The average molecular weight is 504 g/mol. The van der Waals surface area contributed by atoms with Crippen molar-refractivity contribution in [3.05, 3.63) is 94.8 Å². The molecule has 1 aliphatic heterocycles. The van der Waals surface area contributed by atoms with Crippen molar-refractivity contribution in [3.63, 3.8) is 0 Å². The van der Waals surface area contributed by atoms with Crippen LogP contribution in [0.3, 0.4) is 0 Å². The van der Waals surface area contributed by atoms with Gasteiger partial charge in [0.05, 0.1) is 12.6 Å². The standard InChI is InChI=1S/C30H34FN3O3/c1-4-5-28(35)32-33-29(36)17-8-21-6-9-23(10-7-21)30(2)27-16-15-26(37-3)20-22(27)18-19-34(30)25-13-11-24(31)12-14-25/h6-7,9-16,20H,4-5,8,17-19H2,1-3H3,(H,32,35)(H,33,36). The number of methoxy groups -OCH3 is 1. The number of hydrogen-bond donors (Lipinski definition) is 2. The zero-order chi connectivity index (χ0) is 26.4. The van der Waals surface area contributed by atoms with E-state index in [4.69, 9.17) is 4.74 Å². The van der Waals surface area contributed by atoms with Crippen LogP contribution in [0.25, 0.3) is 0 Å². The van der Waals surface area contributed by atoms with Gasteiger partial charge in [-0.1, -0.05) is 37.3 Å². The van der Waals surface area contributed by atoms with Gasteiger partial charge in [0.2, 0.25) is 11.8 Å². The predicted octanol–water partition coefficient (Wildman–Crippen LogP) is 5.04. The van der Waals surface area contributed by atoms with Crippen LogP contribution in [-0.4, -0.2) is 25.5 Å². The number of hydrazine groups is 1. The van der Waals surface area contributed by atoms with Crippen LogP contribution in [-0.2, 0) is 28.0 Å². The number of fused-ring (bicyclic) bond motifs is 1. The molecule has 0 fully saturated rings. The lowest BCUT2D eigenvalue weighted by Crippen LogP contribution is -2.49. The number of aryl methyl sites for hydroxylation is 1. The number of rotatable bonds is 8. The largest absolute Gasteiger partial charge is 0.497 e. The second-order valence-electron chi connectivity index (χ2n) is 9.52. The van der Waals surface area contributed by atoms with Crippen LogP contribution in [0, 0.1) is 5.82 Å². The van der Waals surface area contributed by atoms with E-state index in [2.05, 4.69) is 46.9 Å². The number of nitrogens with zero attached hydrogens (tertiary/aromatic N) is 1. The Bertz CT molecular complexity index is 1240. The van der Waals surface area contributed by atoms with Crippen LogP contribution >= 0.6 is 0 Å². The lowest BCUT2D eigenvalue weighted by Gasteiger charge is -2.48. The second-order valence-corrected chi connectivity index (χ2v) is 9.52. The molecule has 0 bridgehead atoms. The smallest absolute Gasteiger partial charge is 0.238 e. The zero-order valence-electron chi connectivity index (χ0n) is 21.6. The maximum atomic E-state index is 13.7. The summed E-state index contributed by atoms with van der Waals surface area (Å²) in [6.07, 6.45) is 2.78. The Morgan fingerprint density at radius 3 is 2.30 bits per heavy atom. The van der Waals surface area contributed by atoms with Gasteiger partial charge in [0.15, 0.2) is 0 Å². The lowest BCUT2D eigenvalue weighted by molar-refractivity contribution is -0.128. The lowest BCUT2D eigenvalue weighted by atomic mass is 9.76. The van der Waals surface area contributed by atoms with Gasteiger partial charge in [-0.05, 0) is 84.8 Å².